The molecule has 0 saturated carbocycles. The Labute approximate surface area is 149 Å². The van der Waals surface area contributed by atoms with E-state index in [9.17, 15) is 18.8 Å². The van der Waals surface area contributed by atoms with Crippen LogP contribution in [0.15, 0.2) is 53.9 Å². The van der Waals surface area contributed by atoms with Crippen LogP contribution in [-0.4, -0.2) is 32.1 Å². The summed E-state index contributed by atoms with van der Waals surface area (Å²) in [4.78, 5) is 36.8. The number of allylic oxidation sites excluding steroid dienone is 2. The van der Waals surface area contributed by atoms with Crippen molar-refractivity contribution in [1.82, 2.24) is 0 Å². The maximum Gasteiger partial charge on any atom is 0.355 e. The second-order valence-corrected chi connectivity index (χ2v) is 5.16. The van der Waals surface area contributed by atoms with Crippen LogP contribution in [0.5, 0.6) is 0 Å². The van der Waals surface area contributed by atoms with E-state index in [1.165, 1.54) is 55.5 Å². The molecule has 0 aromatic heterocycles. The number of carbonyl (C=O) groups excluding carboxylic acids is 3. The predicted molar refractivity (Wildman–Crippen MR) is 92.5 cm³/mol. The second-order valence-electron chi connectivity index (χ2n) is 5.16. The van der Waals surface area contributed by atoms with Crippen molar-refractivity contribution >= 4 is 29.2 Å². The third-order valence-electron chi connectivity index (χ3n) is 3.42. The molecule has 1 aliphatic heterocycles. The number of hydrogen-bond donors (Lipinski definition) is 1. The lowest BCUT2D eigenvalue weighted by atomic mass is 10.1. The van der Waals surface area contributed by atoms with Crippen molar-refractivity contribution in [2.75, 3.05) is 24.4 Å². The van der Waals surface area contributed by atoms with Crippen molar-refractivity contribution in [2.45, 2.75) is 6.92 Å². The molecule has 0 unspecified atom stereocenters. The molecule has 7 nitrogen and oxygen atoms in total. The highest BCUT2D eigenvalue weighted by molar-refractivity contribution is 6.05. The Morgan fingerprint density at radius 2 is 1.77 bits per heavy atom. The maximum absolute atomic E-state index is 14.5. The monoisotopic (exact) mass is 360 g/mol. The molecule has 8 heteroatoms. The van der Waals surface area contributed by atoms with Gasteiger partial charge in [-0.15, -0.1) is 0 Å². The summed E-state index contributed by atoms with van der Waals surface area (Å²) in [6.07, 6.45) is 5.78. The van der Waals surface area contributed by atoms with Crippen LogP contribution in [0.2, 0.25) is 0 Å². The molecule has 1 N–H and O–H groups in total. The maximum atomic E-state index is 14.5. The molecule has 1 amide bonds. The number of rotatable bonds is 4. The number of amides is 1. The molecular formula is C18H17FN2O5. The van der Waals surface area contributed by atoms with E-state index >= 15 is 0 Å². The van der Waals surface area contributed by atoms with E-state index in [0.29, 0.717) is 5.69 Å². The lowest BCUT2D eigenvalue weighted by Gasteiger charge is -2.24. The summed E-state index contributed by atoms with van der Waals surface area (Å²) in [5.74, 6) is -2.65. The summed E-state index contributed by atoms with van der Waals surface area (Å²) < 4.78 is 23.9. The Kier molecular flexibility index (Phi) is 5.90. The Balaban J connectivity index is 2.67. The van der Waals surface area contributed by atoms with Crippen molar-refractivity contribution in [3.63, 3.8) is 0 Å². The van der Waals surface area contributed by atoms with Crippen molar-refractivity contribution in [3.8, 4) is 0 Å². The number of carbonyl (C=O) groups is 3. The molecule has 1 aliphatic rings. The SMILES string of the molecule is COC(=O)C1=C(C(=O)OC)N(c2cc(NC(C)=O)ccc2F)C=CC=C1. The molecular weight excluding hydrogens is 343 g/mol. The molecule has 0 radical (unpaired) electrons. The number of halogens is 1. The molecule has 136 valence electrons. The number of esters is 2. The summed E-state index contributed by atoms with van der Waals surface area (Å²) in [6, 6.07) is 3.85. The fourth-order valence-electron chi connectivity index (χ4n) is 2.33. The van der Waals surface area contributed by atoms with Gasteiger partial charge >= 0.3 is 11.9 Å². The van der Waals surface area contributed by atoms with Crippen LogP contribution in [-0.2, 0) is 23.9 Å². The van der Waals surface area contributed by atoms with Gasteiger partial charge in [-0.3, -0.25) is 4.79 Å². The van der Waals surface area contributed by atoms with Gasteiger partial charge in [0.2, 0.25) is 5.91 Å². The number of nitrogens with zero attached hydrogens (tertiary/aromatic N) is 1. The van der Waals surface area contributed by atoms with Gasteiger partial charge in [0.25, 0.3) is 0 Å². The average molecular weight is 360 g/mol. The fraction of sp³-hybridized carbons (Fsp3) is 0.167. The van der Waals surface area contributed by atoms with E-state index in [4.69, 9.17) is 9.47 Å². The number of ether oxygens (including phenoxy) is 2. The van der Waals surface area contributed by atoms with Crippen molar-refractivity contribution < 1.29 is 28.2 Å². The molecule has 26 heavy (non-hydrogen) atoms. The Morgan fingerprint density at radius 3 is 2.38 bits per heavy atom. The molecule has 0 spiro atoms. The summed E-state index contributed by atoms with van der Waals surface area (Å²) in [5, 5.41) is 2.53. The van der Waals surface area contributed by atoms with Gasteiger partial charge in [-0.05, 0) is 30.4 Å². The van der Waals surface area contributed by atoms with Crippen LogP contribution in [0.3, 0.4) is 0 Å². The van der Waals surface area contributed by atoms with Gasteiger partial charge in [-0.25, -0.2) is 14.0 Å². The smallest absolute Gasteiger partial charge is 0.355 e. The first-order valence-electron chi connectivity index (χ1n) is 7.51. The minimum Gasteiger partial charge on any atom is -0.465 e. The lowest BCUT2D eigenvalue weighted by molar-refractivity contribution is -0.139. The summed E-state index contributed by atoms with van der Waals surface area (Å²) in [5.41, 5.74) is -0.0572. The van der Waals surface area contributed by atoms with E-state index < -0.39 is 17.8 Å². The molecule has 0 aliphatic carbocycles. The van der Waals surface area contributed by atoms with Crippen LogP contribution < -0.4 is 10.2 Å². The van der Waals surface area contributed by atoms with Crippen LogP contribution >= 0.6 is 0 Å². The third-order valence-corrected chi connectivity index (χ3v) is 3.42. The highest BCUT2D eigenvalue weighted by atomic mass is 19.1. The minimum atomic E-state index is -0.856. The largest absolute Gasteiger partial charge is 0.465 e. The minimum absolute atomic E-state index is 0.0574. The molecule has 0 saturated heterocycles. The highest BCUT2D eigenvalue weighted by Gasteiger charge is 2.28. The number of anilines is 2. The summed E-state index contributed by atoms with van der Waals surface area (Å²) in [6.45, 7) is 1.31. The van der Waals surface area contributed by atoms with Gasteiger partial charge in [0.1, 0.15) is 11.5 Å². The van der Waals surface area contributed by atoms with Crippen LogP contribution in [0.1, 0.15) is 6.92 Å². The van der Waals surface area contributed by atoms with Crippen LogP contribution in [0.4, 0.5) is 15.8 Å². The average Bonchev–Trinajstić information content (AvgIpc) is 2.84. The number of methoxy groups -OCH3 is 2. The van der Waals surface area contributed by atoms with Gasteiger partial charge in [0, 0.05) is 18.8 Å². The summed E-state index contributed by atoms with van der Waals surface area (Å²) in [7, 11) is 2.31. The van der Waals surface area contributed by atoms with Gasteiger partial charge in [0.15, 0.2) is 0 Å². The molecule has 2 rings (SSSR count). The fourth-order valence-corrected chi connectivity index (χ4v) is 2.33. The molecule has 1 aromatic rings. The first kappa shape index (κ1) is 18.9. The van der Waals surface area contributed by atoms with Crippen molar-refractivity contribution in [3.05, 3.63) is 59.7 Å². The highest BCUT2D eigenvalue weighted by Crippen LogP contribution is 2.30. The number of benzene rings is 1. The predicted octanol–water partition coefficient (Wildman–Crippen LogP) is 2.27. The molecule has 0 bridgehead atoms. The van der Waals surface area contributed by atoms with Gasteiger partial charge in [-0.1, -0.05) is 6.08 Å². The zero-order valence-electron chi connectivity index (χ0n) is 14.4. The zero-order chi connectivity index (χ0) is 19.3. The zero-order valence-corrected chi connectivity index (χ0v) is 14.4. The Morgan fingerprint density at radius 1 is 1.08 bits per heavy atom. The molecule has 1 heterocycles. The first-order chi connectivity index (χ1) is 12.4. The van der Waals surface area contributed by atoms with Crippen LogP contribution in [0.25, 0.3) is 0 Å². The van der Waals surface area contributed by atoms with E-state index in [2.05, 4.69) is 5.32 Å². The molecule has 0 fully saturated rings. The topological polar surface area (TPSA) is 84.9 Å². The summed E-state index contributed by atoms with van der Waals surface area (Å²) >= 11 is 0. The first-order valence-corrected chi connectivity index (χ1v) is 7.51. The van der Waals surface area contributed by atoms with Crippen molar-refractivity contribution in [2.24, 2.45) is 0 Å². The quantitative estimate of drug-likeness (QED) is 0.829. The van der Waals surface area contributed by atoms with Gasteiger partial charge in [0.05, 0.1) is 25.5 Å². The Bertz CT molecular complexity index is 842. The molecule has 1 aromatic carbocycles. The third kappa shape index (κ3) is 3.97. The number of hydrogen-bond acceptors (Lipinski definition) is 6. The van der Waals surface area contributed by atoms with Crippen molar-refractivity contribution in [1.29, 1.82) is 0 Å². The normalized spacial score (nSPS) is 13.3. The lowest BCUT2D eigenvalue weighted by Crippen LogP contribution is -2.27. The standard InChI is InChI=1S/C18H17FN2O5/c1-11(22)20-12-7-8-14(19)15(10-12)21-9-5-4-6-13(17(23)25-2)16(21)18(24)26-3/h4-10H,1-3H3,(H,20,22). The second kappa shape index (κ2) is 8.11. The van der Waals surface area contributed by atoms with Crippen LogP contribution in [0, 0.1) is 5.82 Å². The number of nitrogens with one attached hydrogen (secondary N) is 1. The van der Waals surface area contributed by atoms with Gasteiger partial charge < -0.3 is 19.7 Å². The van der Waals surface area contributed by atoms with E-state index in [1.807, 2.05) is 0 Å². The molecule has 0 atom stereocenters. The Hall–Kier alpha value is -3.42. The van der Waals surface area contributed by atoms with E-state index in [0.717, 1.165) is 13.2 Å². The van der Waals surface area contributed by atoms with Gasteiger partial charge in [-0.2, -0.15) is 0 Å². The van der Waals surface area contributed by atoms with E-state index in [-0.39, 0.29) is 22.9 Å². The van der Waals surface area contributed by atoms with E-state index in [1.54, 1.807) is 0 Å².